The normalized spacial score (nSPS) is 7.22. The van der Waals surface area contributed by atoms with Crippen molar-refractivity contribution in [1.82, 2.24) is 11.1 Å². The highest BCUT2D eigenvalue weighted by Gasteiger charge is 1.82. The van der Waals surface area contributed by atoms with Crippen LogP contribution in [0.3, 0.4) is 0 Å². The van der Waals surface area contributed by atoms with E-state index >= 15 is 0 Å². The first-order valence-corrected chi connectivity index (χ1v) is 3.07. The van der Waals surface area contributed by atoms with Crippen molar-refractivity contribution >= 4 is 17.3 Å². The van der Waals surface area contributed by atoms with E-state index in [0.29, 0.717) is 6.54 Å². The van der Waals surface area contributed by atoms with E-state index in [4.69, 9.17) is 5.73 Å². The molecule has 0 aliphatic carbocycles. The molecule has 0 bridgehead atoms. The second kappa shape index (κ2) is 5.39. The van der Waals surface area contributed by atoms with Gasteiger partial charge in [-0.05, 0) is 19.1 Å². The first-order chi connectivity index (χ1) is 4.27. The molecule has 0 rings (SSSR count). The summed E-state index contributed by atoms with van der Waals surface area (Å²) in [6.45, 7) is 2.47. The zero-order valence-electron chi connectivity index (χ0n) is 5.32. The Hall–Kier alpha value is -0.750. The third-order valence-corrected chi connectivity index (χ3v) is 0.857. The van der Waals surface area contributed by atoms with Gasteiger partial charge in [0.05, 0.1) is 0 Å². The summed E-state index contributed by atoms with van der Waals surface area (Å²) < 4.78 is 0. The van der Waals surface area contributed by atoms with Crippen LogP contribution in [0.15, 0.2) is 0 Å². The Morgan fingerprint density at radius 3 is 2.89 bits per heavy atom. The van der Waals surface area contributed by atoms with E-state index < -0.39 is 0 Å². The summed E-state index contributed by atoms with van der Waals surface area (Å²) in [6, 6.07) is 0. The minimum atomic E-state index is 0.0907. The Morgan fingerprint density at radius 1 is 1.78 bits per heavy atom. The van der Waals surface area contributed by atoms with Crippen molar-refractivity contribution in [2.75, 3.05) is 6.54 Å². The van der Waals surface area contributed by atoms with Gasteiger partial charge < -0.3 is 5.32 Å². The lowest BCUT2D eigenvalue weighted by atomic mass is 10.4. The number of hydrogen-bond acceptors (Lipinski definition) is 1. The van der Waals surface area contributed by atoms with E-state index in [1.807, 2.05) is 0 Å². The molecule has 9 heavy (non-hydrogen) atoms. The molecule has 1 radical (unpaired) electrons. The summed E-state index contributed by atoms with van der Waals surface area (Å²) in [4.78, 5) is 0. The van der Waals surface area contributed by atoms with E-state index in [2.05, 4.69) is 29.4 Å². The van der Waals surface area contributed by atoms with Crippen molar-refractivity contribution in [1.29, 1.82) is 0 Å². The van der Waals surface area contributed by atoms with Gasteiger partial charge in [0, 0.05) is 13.0 Å². The van der Waals surface area contributed by atoms with Crippen molar-refractivity contribution < 1.29 is 0 Å². The molecule has 3 heteroatoms. The molecule has 0 atom stereocenters. The van der Waals surface area contributed by atoms with Gasteiger partial charge in [-0.1, -0.05) is 0 Å². The zero-order chi connectivity index (χ0) is 7.11. The van der Waals surface area contributed by atoms with Crippen LogP contribution in [-0.4, -0.2) is 11.7 Å². The number of nitrogens with one attached hydrogen (secondary N) is 2. The SMILES string of the molecule is CC#CCCNC([NH])=S. The molecule has 0 aromatic heterocycles. The van der Waals surface area contributed by atoms with E-state index in [0.717, 1.165) is 6.42 Å². The maximum absolute atomic E-state index is 6.79. The molecule has 0 unspecified atom stereocenters. The van der Waals surface area contributed by atoms with Crippen LogP contribution in [-0.2, 0) is 0 Å². The molecule has 2 N–H and O–H groups in total. The first kappa shape index (κ1) is 8.25. The third kappa shape index (κ3) is 7.25. The number of thiocarbonyl (C=S) groups is 1. The molecule has 0 aromatic rings. The van der Waals surface area contributed by atoms with Gasteiger partial charge in [0.2, 0.25) is 0 Å². The van der Waals surface area contributed by atoms with Crippen LogP contribution < -0.4 is 11.1 Å². The summed E-state index contributed by atoms with van der Waals surface area (Å²) in [5.74, 6) is 5.60. The molecule has 2 nitrogen and oxygen atoms in total. The standard InChI is InChI=1S/C6H9N2S/c1-2-3-4-5-8-6(7)9/h7H,4-5H2,1H3,(H,8,9). The van der Waals surface area contributed by atoms with Gasteiger partial charge in [-0.25, -0.2) is 0 Å². The number of hydrogen-bond donors (Lipinski definition) is 1. The largest absolute Gasteiger partial charge is 0.360 e. The van der Waals surface area contributed by atoms with Crippen LogP contribution in [0.1, 0.15) is 13.3 Å². The minimum absolute atomic E-state index is 0.0907. The minimum Gasteiger partial charge on any atom is -0.360 e. The summed E-state index contributed by atoms with van der Waals surface area (Å²) >= 11 is 4.45. The molecule has 49 valence electrons. The van der Waals surface area contributed by atoms with Gasteiger partial charge in [0.15, 0.2) is 5.11 Å². The summed E-state index contributed by atoms with van der Waals surface area (Å²) in [6.07, 6.45) is 0.759. The van der Waals surface area contributed by atoms with Crippen molar-refractivity contribution in [3.8, 4) is 11.8 Å². The maximum Gasteiger partial charge on any atom is 0.185 e. The predicted octanol–water partition coefficient (Wildman–Crippen LogP) is 0.557. The highest BCUT2D eigenvalue weighted by molar-refractivity contribution is 7.80. The molecule has 0 heterocycles. The highest BCUT2D eigenvalue weighted by Crippen LogP contribution is 1.70. The lowest BCUT2D eigenvalue weighted by molar-refractivity contribution is 0.906. The summed E-state index contributed by atoms with van der Waals surface area (Å²) in [5, 5.41) is 2.77. The van der Waals surface area contributed by atoms with Crippen molar-refractivity contribution in [2.45, 2.75) is 13.3 Å². The summed E-state index contributed by atoms with van der Waals surface area (Å²) in [5.41, 5.74) is 6.79. The van der Waals surface area contributed by atoms with Crippen LogP contribution >= 0.6 is 12.2 Å². The maximum atomic E-state index is 6.79. The average Bonchev–Trinajstić information content (AvgIpc) is 1.80. The van der Waals surface area contributed by atoms with E-state index in [-0.39, 0.29) is 5.11 Å². The Balaban J connectivity index is 3.07. The predicted molar refractivity (Wildman–Crippen MR) is 41.8 cm³/mol. The molecule has 0 aliphatic rings. The van der Waals surface area contributed by atoms with Gasteiger partial charge >= 0.3 is 0 Å². The van der Waals surface area contributed by atoms with Crippen molar-refractivity contribution in [3.05, 3.63) is 0 Å². The average molecular weight is 141 g/mol. The second-order valence-electron chi connectivity index (χ2n) is 1.43. The highest BCUT2D eigenvalue weighted by atomic mass is 32.1. The topological polar surface area (TPSA) is 35.8 Å². The summed E-state index contributed by atoms with van der Waals surface area (Å²) in [7, 11) is 0. The Kier molecular flexibility index (Phi) is 4.94. The molecule has 0 aliphatic heterocycles. The lowest BCUT2D eigenvalue weighted by Crippen LogP contribution is -2.22. The van der Waals surface area contributed by atoms with Crippen LogP contribution in [0.5, 0.6) is 0 Å². The molecule has 0 aromatic carbocycles. The monoisotopic (exact) mass is 141 g/mol. The molecule has 0 saturated carbocycles. The van der Waals surface area contributed by atoms with Crippen LogP contribution in [0, 0.1) is 11.8 Å². The van der Waals surface area contributed by atoms with Crippen LogP contribution in [0.4, 0.5) is 0 Å². The van der Waals surface area contributed by atoms with E-state index in [1.165, 1.54) is 0 Å². The molecule has 0 spiro atoms. The molecule has 0 amide bonds. The van der Waals surface area contributed by atoms with Gasteiger partial charge in [-0.3, -0.25) is 5.73 Å². The Labute approximate surface area is 60.8 Å². The van der Waals surface area contributed by atoms with Crippen molar-refractivity contribution in [3.63, 3.8) is 0 Å². The molecule has 0 saturated heterocycles. The van der Waals surface area contributed by atoms with Gasteiger partial charge in [-0.15, -0.1) is 11.8 Å². The smallest absolute Gasteiger partial charge is 0.185 e. The fourth-order valence-electron chi connectivity index (χ4n) is 0.364. The van der Waals surface area contributed by atoms with Gasteiger partial charge in [-0.2, -0.15) is 0 Å². The number of rotatable bonds is 2. The van der Waals surface area contributed by atoms with Gasteiger partial charge in [0.1, 0.15) is 0 Å². The lowest BCUT2D eigenvalue weighted by Gasteiger charge is -1.95. The molecular formula is C6H9N2S. The Bertz CT molecular complexity index is 143. The fraction of sp³-hybridized carbons (Fsp3) is 0.500. The molecular weight excluding hydrogens is 132 g/mol. The third-order valence-electron chi connectivity index (χ3n) is 0.712. The van der Waals surface area contributed by atoms with Gasteiger partial charge in [0.25, 0.3) is 0 Å². The van der Waals surface area contributed by atoms with Crippen LogP contribution in [0.25, 0.3) is 0 Å². The quantitative estimate of drug-likeness (QED) is 0.346. The van der Waals surface area contributed by atoms with Crippen molar-refractivity contribution in [2.24, 2.45) is 0 Å². The second-order valence-corrected chi connectivity index (χ2v) is 1.84. The molecule has 0 fully saturated rings. The fourth-order valence-corrected chi connectivity index (χ4v) is 0.466. The van der Waals surface area contributed by atoms with Crippen LogP contribution in [0.2, 0.25) is 0 Å². The first-order valence-electron chi connectivity index (χ1n) is 2.66. The Morgan fingerprint density at radius 2 is 2.44 bits per heavy atom. The van der Waals surface area contributed by atoms with E-state index in [1.54, 1.807) is 6.92 Å². The van der Waals surface area contributed by atoms with E-state index in [9.17, 15) is 0 Å². The zero-order valence-corrected chi connectivity index (χ0v) is 6.14.